The lowest BCUT2D eigenvalue weighted by atomic mass is 10.2. The van der Waals surface area contributed by atoms with E-state index in [0.717, 1.165) is 17.0 Å². The number of nitrogens with zero attached hydrogens (tertiary/aromatic N) is 5. The van der Waals surface area contributed by atoms with Crippen LogP contribution in [0.15, 0.2) is 77.3 Å². The second-order valence-corrected chi connectivity index (χ2v) is 6.59. The maximum absolute atomic E-state index is 13.1. The fourth-order valence-electron chi connectivity index (χ4n) is 2.54. The zero-order chi connectivity index (χ0) is 18.6. The number of rotatable bonds is 4. The largest absolute Gasteiger partial charge is 0.497 e. The third-order valence-corrected chi connectivity index (χ3v) is 4.80. The zero-order valence-electron chi connectivity index (χ0n) is 14.4. The number of methoxy groups -OCH3 is 1. The fraction of sp³-hybridized carbons (Fsp3) is 0.0526. The molecule has 0 unspecified atom stereocenters. The van der Waals surface area contributed by atoms with Crippen LogP contribution in [0, 0.1) is 0 Å². The molecule has 0 radical (unpaired) electrons. The van der Waals surface area contributed by atoms with Crippen LogP contribution in [0.4, 0.5) is 5.69 Å². The van der Waals surface area contributed by atoms with Gasteiger partial charge in [-0.3, -0.25) is 9.69 Å². The number of amidine groups is 1. The summed E-state index contributed by atoms with van der Waals surface area (Å²) in [7, 11) is 1.62. The Balaban J connectivity index is 1.72. The highest BCUT2D eigenvalue weighted by atomic mass is 32.2. The predicted octanol–water partition coefficient (Wildman–Crippen LogP) is 3.23. The van der Waals surface area contributed by atoms with E-state index in [0.29, 0.717) is 10.1 Å². The van der Waals surface area contributed by atoms with Gasteiger partial charge >= 0.3 is 0 Å². The van der Waals surface area contributed by atoms with Crippen molar-refractivity contribution in [1.82, 2.24) is 14.9 Å². The Morgan fingerprint density at radius 3 is 2.41 bits per heavy atom. The first-order chi connectivity index (χ1) is 13.2. The number of anilines is 1. The number of carbonyl (C=O) groups excluding carboxylic acids is 1. The van der Waals surface area contributed by atoms with Crippen LogP contribution in [0.25, 0.3) is 6.08 Å². The lowest BCUT2D eigenvalue weighted by Gasteiger charge is -2.15. The van der Waals surface area contributed by atoms with E-state index in [2.05, 4.69) is 15.3 Å². The predicted molar refractivity (Wildman–Crippen MR) is 105 cm³/mol. The fourth-order valence-corrected chi connectivity index (χ4v) is 3.53. The minimum absolute atomic E-state index is 0.131. The van der Waals surface area contributed by atoms with E-state index in [1.807, 2.05) is 60.7 Å². The smallest absolute Gasteiger partial charge is 0.271 e. The summed E-state index contributed by atoms with van der Waals surface area (Å²) in [5.74, 6) is 0.636. The summed E-state index contributed by atoms with van der Waals surface area (Å²) in [5, 5.41) is 12.5. The maximum atomic E-state index is 13.1. The molecule has 0 bridgehead atoms. The van der Waals surface area contributed by atoms with Crippen LogP contribution < -0.4 is 9.64 Å². The molecule has 1 amide bonds. The number of carbonyl (C=O) groups is 1. The molecule has 0 aliphatic carbocycles. The molecule has 27 heavy (non-hydrogen) atoms. The Morgan fingerprint density at radius 2 is 1.74 bits per heavy atom. The average Bonchev–Trinajstić information content (AvgIpc) is 3.32. The standard InChI is InChI=1S/C19H15N5O2S/c1-26-16-9-7-14(8-10-16)11-17-18(25)24(15-5-3-2-4-6-15)19(27-17)22-23-12-20-21-13-23/h2-13H,1H3. The molecule has 134 valence electrons. The summed E-state index contributed by atoms with van der Waals surface area (Å²) in [6.45, 7) is 0. The molecule has 1 aliphatic rings. The molecule has 8 heteroatoms. The molecule has 3 aromatic rings. The molecule has 1 aromatic heterocycles. The van der Waals surface area contributed by atoms with E-state index >= 15 is 0 Å². The van der Waals surface area contributed by atoms with E-state index in [1.165, 1.54) is 29.1 Å². The topological polar surface area (TPSA) is 72.6 Å². The van der Waals surface area contributed by atoms with E-state index in [-0.39, 0.29) is 5.91 Å². The Kier molecular flexibility index (Phi) is 4.71. The van der Waals surface area contributed by atoms with Gasteiger partial charge in [0.15, 0.2) is 0 Å². The molecule has 1 fully saturated rings. The number of aromatic nitrogens is 3. The molecule has 4 rings (SSSR count). The summed E-state index contributed by atoms with van der Waals surface area (Å²) < 4.78 is 6.65. The van der Waals surface area contributed by atoms with Crippen molar-refractivity contribution in [3.8, 4) is 5.75 Å². The maximum Gasteiger partial charge on any atom is 0.271 e. The number of hydrogen-bond acceptors (Lipinski definition) is 6. The van der Waals surface area contributed by atoms with Crippen molar-refractivity contribution < 1.29 is 9.53 Å². The first-order valence-electron chi connectivity index (χ1n) is 8.11. The summed E-state index contributed by atoms with van der Waals surface area (Å²) in [4.78, 5) is 15.2. The van der Waals surface area contributed by atoms with Crippen molar-refractivity contribution >= 4 is 34.6 Å². The third-order valence-electron chi connectivity index (χ3n) is 3.84. The van der Waals surface area contributed by atoms with Crippen LogP contribution in [0.3, 0.4) is 0 Å². The SMILES string of the molecule is COc1ccc(C=C2SC(=Nn3cnnc3)N(c3ccccc3)C2=O)cc1. The Morgan fingerprint density at radius 1 is 1.04 bits per heavy atom. The van der Waals surface area contributed by atoms with Crippen LogP contribution in [0.5, 0.6) is 5.75 Å². The van der Waals surface area contributed by atoms with Gasteiger partial charge in [-0.2, -0.15) is 0 Å². The molecule has 7 nitrogen and oxygen atoms in total. The molecular formula is C19H15N5O2S. The van der Waals surface area contributed by atoms with Crippen molar-refractivity contribution in [2.75, 3.05) is 12.0 Å². The van der Waals surface area contributed by atoms with Crippen molar-refractivity contribution in [3.05, 3.63) is 77.7 Å². The molecule has 2 heterocycles. The van der Waals surface area contributed by atoms with Crippen molar-refractivity contribution in [3.63, 3.8) is 0 Å². The van der Waals surface area contributed by atoms with Crippen LogP contribution in [0.1, 0.15) is 5.56 Å². The normalized spacial score (nSPS) is 17.1. The Bertz CT molecular complexity index is 998. The summed E-state index contributed by atoms with van der Waals surface area (Å²) in [5.41, 5.74) is 1.66. The van der Waals surface area contributed by atoms with Gasteiger partial charge in [0, 0.05) is 0 Å². The van der Waals surface area contributed by atoms with Crippen molar-refractivity contribution in [2.24, 2.45) is 5.10 Å². The first kappa shape index (κ1) is 17.0. The number of para-hydroxylation sites is 1. The average molecular weight is 377 g/mol. The minimum Gasteiger partial charge on any atom is -0.497 e. The van der Waals surface area contributed by atoms with E-state index in [4.69, 9.17) is 4.74 Å². The van der Waals surface area contributed by atoms with Crippen LogP contribution in [-0.2, 0) is 4.79 Å². The summed E-state index contributed by atoms with van der Waals surface area (Å²) in [6, 6.07) is 16.9. The lowest BCUT2D eigenvalue weighted by molar-refractivity contribution is -0.113. The third kappa shape index (κ3) is 3.61. The Labute approximate surface area is 160 Å². The van der Waals surface area contributed by atoms with Gasteiger partial charge in [-0.15, -0.1) is 15.3 Å². The van der Waals surface area contributed by atoms with Crippen LogP contribution >= 0.6 is 11.8 Å². The number of ether oxygens (including phenoxy) is 1. The van der Waals surface area contributed by atoms with Gasteiger partial charge in [-0.1, -0.05) is 30.3 Å². The van der Waals surface area contributed by atoms with Gasteiger partial charge in [0.1, 0.15) is 18.4 Å². The van der Waals surface area contributed by atoms with Crippen molar-refractivity contribution in [1.29, 1.82) is 0 Å². The Hall–Kier alpha value is -3.39. The van der Waals surface area contributed by atoms with Crippen LogP contribution in [0.2, 0.25) is 0 Å². The highest BCUT2D eigenvalue weighted by Gasteiger charge is 2.35. The molecule has 2 aromatic carbocycles. The summed E-state index contributed by atoms with van der Waals surface area (Å²) >= 11 is 1.30. The second kappa shape index (κ2) is 7.46. The second-order valence-electron chi connectivity index (χ2n) is 5.58. The number of benzene rings is 2. The molecule has 1 saturated heterocycles. The highest BCUT2D eigenvalue weighted by molar-refractivity contribution is 8.19. The lowest BCUT2D eigenvalue weighted by Crippen LogP contribution is -2.29. The van der Waals surface area contributed by atoms with E-state index in [1.54, 1.807) is 12.0 Å². The molecule has 0 N–H and O–H groups in total. The summed E-state index contributed by atoms with van der Waals surface area (Å²) in [6.07, 6.45) is 4.80. The van der Waals surface area contributed by atoms with E-state index in [9.17, 15) is 4.79 Å². The molecule has 1 aliphatic heterocycles. The quantitative estimate of drug-likeness (QED) is 0.653. The minimum atomic E-state index is -0.131. The zero-order valence-corrected chi connectivity index (χ0v) is 15.2. The molecule has 0 atom stereocenters. The first-order valence-corrected chi connectivity index (χ1v) is 8.93. The number of amides is 1. The number of thioether (sulfide) groups is 1. The van der Waals surface area contributed by atoms with Crippen LogP contribution in [-0.4, -0.2) is 33.1 Å². The molecule has 0 spiro atoms. The van der Waals surface area contributed by atoms with Gasteiger partial charge < -0.3 is 4.74 Å². The molecule has 0 saturated carbocycles. The van der Waals surface area contributed by atoms with E-state index < -0.39 is 0 Å². The van der Waals surface area contributed by atoms with Gasteiger partial charge in [0.05, 0.1) is 17.7 Å². The number of hydrogen-bond donors (Lipinski definition) is 0. The van der Waals surface area contributed by atoms with Gasteiger partial charge in [0.25, 0.3) is 5.91 Å². The van der Waals surface area contributed by atoms with Gasteiger partial charge in [0.2, 0.25) is 5.17 Å². The van der Waals surface area contributed by atoms with Crippen molar-refractivity contribution in [2.45, 2.75) is 0 Å². The highest BCUT2D eigenvalue weighted by Crippen LogP contribution is 2.36. The van der Waals surface area contributed by atoms with Gasteiger partial charge in [-0.05, 0) is 47.7 Å². The molecular weight excluding hydrogens is 362 g/mol. The van der Waals surface area contributed by atoms with Gasteiger partial charge in [-0.25, -0.2) is 4.68 Å². The monoisotopic (exact) mass is 377 g/mol.